The fourth-order valence-corrected chi connectivity index (χ4v) is 5.51. The van der Waals surface area contributed by atoms with Crippen LogP contribution >= 0.6 is 11.8 Å². The Morgan fingerprint density at radius 3 is 2.29 bits per heavy atom. The highest BCUT2D eigenvalue weighted by atomic mass is 32.2. The van der Waals surface area contributed by atoms with Gasteiger partial charge in [0.2, 0.25) is 5.91 Å². The zero-order chi connectivity index (χ0) is 23.3. The van der Waals surface area contributed by atoms with Crippen molar-refractivity contribution in [2.45, 2.75) is 25.5 Å². The second-order valence-corrected chi connectivity index (χ2v) is 9.42. The van der Waals surface area contributed by atoms with Crippen molar-refractivity contribution in [3.05, 3.63) is 112 Å². The molecule has 34 heavy (non-hydrogen) atoms. The molecule has 3 aromatic rings. The van der Waals surface area contributed by atoms with Gasteiger partial charge >= 0.3 is 0 Å². The largest absolute Gasteiger partial charge is 0.489 e. The van der Waals surface area contributed by atoms with Gasteiger partial charge in [0.25, 0.3) is 0 Å². The van der Waals surface area contributed by atoms with E-state index >= 15 is 0 Å². The van der Waals surface area contributed by atoms with E-state index in [9.17, 15) is 10.1 Å². The molecule has 0 N–H and O–H groups in total. The average Bonchev–Trinajstić information content (AvgIpc) is 2.89. The molecular weight excluding hydrogens is 442 g/mol. The smallest absolute Gasteiger partial charge is 0.229 e. The molecule has 2 aliphatic rings. The Hall–Kier alpha value is -3.53. The molecule has 170 valence electrons. The van der Waals surface area contributed by atoms with E-state index in [0.29, 0.717) is 25.3 Å². The SMILES string of the molecule is N#CC1=C2SCN(Cc3ccccc3)CN2C(=O)CC1c1ccc(OCc2ccccc2)cc1. The van der Waals surface area contributed by atoms with Crippen molar-refractivity contribution in [3.63, 3.8) is 0 Å². The summed E-state index contributed by atoms with van der Waals surface area (Å²) in [6.07, 6.45) is 0.302. The summed E-state index contributed by atoms with van der Waals surface area (Å²) in [5, 5.41) is 10.8. The standard InChI is InChI=1S/C28H25N3O2S/c29-16-26-25(23-11-13-24(14-12-23)33-18-22-9-5-2-6-10-22)15-27(32)31-19-30(20-34-28(26)31)17-21-7-3-1-4-8-21/h1-14,25H,15,17-20H2. The van der Waals surface area contributed by atoms with Gasteiger partial charge in [0.15, 0.2) is 0 Å². The van der Waals surface area contributed by atoms with Crippen LogP contribution in [0.1, 0.15) is 29.0 Å². The van der Waals surface area contributed by atoms with Crippen LogP contribution in [0.4, 0.5) is 0 Å². The number of nitrogens with zero attached hydrogens (tertiary/aromatic N) is 3. The van der Waals surface area contributed by atoms with Crippen LogP contribution in [0, 0.1) is 11.3 Å². The first-order valence-corrected chi connectivity index (χ1v) is 12.3. The first kappa shape index (κ1) is 22.3. The summed E-state index contributed by atoms with van der Waals surface area (Å²) in [5.41, 5.74) is 3.97. The molecule has 0 aromatic heterocycles. The van der Waals surface area contributed by atoms with Gasteiger partial charge in [-0.25, -0.2) is 0 Å². The monoisotopic (exact) mass is 467 g/mol. The molecule has 2 heterocycles. The minimum absolute atomic E-state index is 0.0636. The molecule has 1 atom stereocenters. The molecule has 1 saturated heterocycles. The molecule has 0 bridgehead atoms. The lowest BCUT2D eigenvalue weighted by molar-refractivity contribution is -0.131. The minimum Gasteiger partial charge on any atom is -0.489 e. The number of ether oxygens (including phenoxy) is 1. The number of benzene rings is 3. The van der Waals surface area contributed by atoms with Crippen molar-refractivity contribution in [3.8, 4) is 11.8 Å². The van der Waals surface area contributed by atoms with E-state index in [1.807, 2.05) is 72.8 Å². The van der Waals surface area contributed by atoms with Gasteiger partial charge in [0.05, 0.1) is 29.2 Å². The number of fused-ring (bicyclic) bond motifs is 1. The molecule has 6 heteroatoms. The van der Waals surface area contributed by atoms with Crippen LogP contribution in [0.5, 0.6) is 5.75 Å². The van der Waals surface area contributed by atoms with Crippen molar-refractivity contribution < 1.29 is 9.53 Å². The Morgan fingerprint density at radius 2 is 1.62 bits per heavy atom. The number of thioether (sulfide) groups is 1. The molecule has 0 radical (unpaired) electrons. The number of nitriles is 1. The Kier molecular flexibility index (Phi) is 6.66. The fourth-order valence-electron chi connectivity index (χ4n) is 4.37. The molecule has 1 fully saturated rings. The maximum absolute atomic E-state index is 13.1. The molecule has 3 aromatic carbocycles. The van der Waals surface area contributed by atoms with Crippen LogP contribution in [-0.4, -0.2) is 28.3 Å². The Labute approximate surface area is 204 Å². The number of hydrogen-bond donors (Lipinski definition) is 0. The number of allylic oxidation sites excluding steroid dienone is 1. The number of rotatable bonds is 6. The molecule has 2 aliphatic heterocycles. The first-order chi connectivity index (χ1) is 16.7. The lowest BCUT2D eigenvalue weighted by Gasteiger charge is -2.41. The van der Waals surface area contributed by atoms with Crippen LogP contribution in [0.25, 0.3) is 0 Å². The highest BCUT2D eigenvalue weighted by Gasteiger charge is 2.38. The Balaban J connectivity index is 1.30. The van der Waals surface area contributed by atoms with Crippen molar-refractivity contribution in [1.29, 1.82) is 5.26 Å². The zero-order valence-electron chi connectivity index (χ0n) is 18.8. The first-order valence-electron chi connectivity index (χ1n) is 11.3. The lowest BCUT2D eigenvalue weighted by Crippen LogP contribution is -2.46. The van der Waals surface area contributed by atoms with Gasteiger partial charge in [0, 0.05) is 18.9 Å². The summed E-state index contributed by atoms with van der Waals surface area (Å²) in [6.45, 7) is 1.79. The van der Waals surface area contributed by atoms with Crippen LogP contribution in [0.2, 0.25) is 0 Å². The fraction of sp³-hybridized carbons (Fsp3) is 0.214. The van der Waals surface area contributed by atoms with Crippen LogP contribution in [-0.2, 0) is 17.9 Å². The van der Waals surface area contributed by atoms with Gasteiger partial charge in [-0.2, -0.15) is 5.26 Å². The third-order valence-electron chi connectivity index (χ3n) is 6.13. The molecule has 5 rings (SSSR count). The van der Waals surface area contributed by atoms with Gasteiger partial charge in [0.1, 0.15) is 12.4 Å². The molecule has 1 unspecified atom stereocenters. The summed E-state index contributed by atoms with van der Waals surface area (Å²) in [4.78, 5) is 17.1. The van der Waals surface area contributed by atoms with Crippen molar-refractivity contribution in [2.75, 3.05) is 12.5 Å². The van der Waals surface area contributed by atoms with Gasteiger partial charge < -0.3 is 4.74 Å². The summed E-state index contributed by atoms with van der Waals surface area (Å²) < 4.78 is 5.89. The number of amides is 1. The number of carbonyl (C=O) groups excluding carboxylic acids is 1. The van der Waals surface area contributed by atoms with Crippen LogP contribution < -0.4 is 4.74 Å². The van der Waals surface area contributed by atoms with Gasteiger partial charge in [-0.15, -0.1) is 0 Å². The van der Waals surface area contributed by atoms with Gasteiger partial charge in [-0.3, -0.25) is 14.6 Å². The molecule has 1 amide bonds. The molecule has 5 nitrogen and oxygen atoms in total. The quantitative estimate of drug-likeness (QED) is 0.480. The molecule has 0 aliphatic carbocycles. The van der Waals surface area contributed by atoms with Gasteiger partial charge in [-0.05, 0) is 28.8 Å². The van der Waals surface area contributed by atoms with E-state index in [1.54, 1.807) is 16.7 Å². The highest BCUT2D eigenvalue weighted by Crippen LogP contribution is 2.42. The Morgan fingerprint density at radius 1 is 0.941 bits per heavy atom. The van der Waals surface area contributed by atoms with Crippen molar-refractivity contribution >= 4 is 17.7 Å². The van der Waals surface area contributed by atoms with E-state index in [1.165, 1.54) is 5.56 Å². The Bertz CT molecular complexity index is 1220. The van der Waals surface area contributed by atoms with E-state index in [-0.39, 0.29) is 11.8 Å². The second kappa shape index (κ2) is 10.2. The molecular formula is C28H25N3O2S. The predicted octanol–water partition coefficient (Wildman–Crippen LogP) is 5.48. The topological polar surface area (TPSA) is 56.6 Å². The predicted molar refractivity (Wildman–Crippen MR) is 133 cm³/mol. The van der Waals surface area contributed by atoms with E-state index in [4.69, 9.17) is 4.74 Å². The highest BCUT2D eigenvalue weighted by molar-refractivity contribution is 8.03. The van der Waals surface area contributed by atoms with E-state index in [2.05, 4.69) is 23.1 Å². The van der Waals surface area contributed by atoms with Crippen LogP contribution in [0.3, 0.4) is 0 Å². The molecule has 0 spiro atoms. The third kappa shape index (κ3) is 4.86. The molecule has 0 saturated carbocycles. The van der Waals surface area contributed by atoms with E-state index < -0.39 is 0 Å². The number of hydrogen-bond acceptors (Lipinski definition) is 5. The van der Waals surface area contributed by atoms with Crippen LogP contribution in [0.15, 0.2) is 95.5 Å². The van der Waals surface area contributed by atoms with Crippen molar-refractivity contribution in [1.82, 2.24) is 9.80 Å². The normalized spacial score (nSPS) is 18.4. The summed E-state index contributed by atoms with van der Waals surface area (Å²) in [5.74, 6) is 1.36. The third-order valence-corrected chi connectivity index (χ3v) is 7.34. The lowest BCUT2D eigenvalue weighted by atomic mass is 9.86. The van der Waals surface area contributed by atoms with Gasteiger partial charge in [-0.1, -0.05) is 84.6 Å². The average molecular weight is 468 g/mol. The maximum Gasteiger partial charge on any atom is 0.229 e. The summed E-state index contributed by atoms with van der Waals surface area (Å²) in [7, 11) is 0. The second-order valence-electron chi connectivity index (χ2n) is 8.48. The summed E-state index contributed by atoms with van der Waals surface area (Å²) in [6, 6.07) is 30.5. The summed E-state index contributed by atoms with van der Waals surface area (Å²) >= 11 is 1.58. The zero-order valence-corrected chi connectivity index (χ0v) is 19.6. The minimum atomic E-state index is -0.222. The number of carbonyl (C=O) groups is 1. The maximum atomic E-state index is 13.1. The van der Waals surface area contributed by atoms with Crippen molar-refractivity contribution in [2.24, 2.45) is 0 Å². The van der Waals surface area contributed by atoms with E-state index in [0.717, 1.165) is 34.3 Å².